The smallest absolute Gasteiger partial charge is 0.326 e. The lowest BCUT2D eigenvalue weighted by Gasteiger charge is -2.19. The van der Waals surface area contributed by atoms with Crippen LogP contribution < -0.4 is 14.8 Å². The molecule has 0 spiro atoms. The Bertz CT molecular complexity index is 2470. The number of ether oxygens (including phenoxy) is 1. The van der Waals surface area contributed by atoms with Gasteiger partial charge in [-0.2, -0.15) is 4.39 Å². The summed E-state index contributed by atoms with van der Waals surface area (Å²) in [4.78, 5) is 33.4. The first kappa shape index (κ1) is 37.5. The van der Waals surface area contributed by atoms with Crippen LogP contribution in [0.1, 0.15) is 35.3 Å². The van der Waals surface area contributed by atoms with Gasteiger partial charge in [-0.05, 0) is 78.1 Å². The molecule has 14 heteroatoms. The van der Waals surface area contributed by atoms with Crippen LogP contribution in [0.4, 0.5) is 18.9 Å². The zero-order valence-corrected chi connectivity index (χ0v) is 29.8. The molecular formula is C40H33F3N4O6S. The van der Waals surface area contributed by atoms with Crippen molar-refractivity contribution in [3.8, 4) is 28.0 Å². The molecular weight excluding hydrogens is 722 g/mol. The van der Waals surface area contributed by atoms with E-state index in [1.165, 1.54) is 42.6 Å². The summed E-state index contributed by atoms with van der Waals surface area (Å²) < 4.78 is 78.2. The fraction of sp³-hybridized carbons (Fsp3) is 0.150. The third-order valence-electron chi connectivity index (χ3n) is 8.70. The van der Waals surface area contributed by atoms with Crippen LogP contribution in [-0.2, 0) is 27.7 Å². The third-order valence-corrected chi connectivity index (χ3v) is 10.1. The molecule has 2 aromatic heterocycles. The Kier molecular flexibility index (Phi) is 10.9. The van der Waals surface area contributed by atoms with E-state index in [1.54, 1.807) is 30.5 Å². The van der Waals surface area contributed by atoms with E-state index in [0.717, 1.165) is 16.7 Å². The number of carbonyl (C=O) groups is 2. The van der Waals surface area contributed by atoms with E-state index >= 15 is 8.78 Å². The molecule has 0 fully saturated rings. The number of sulfonamides is 1. The van der Waals surface area contributed by atoms with E-state index in [-0.39, 0.29) is 11.3 Å². The second kappa shape index (κ2) is 15.8. The lowest BCUT2D eigenvalue weighted by molar-refractivity contribution is -0.139. The maximum atomic E-state index is 15.3. The minimum atomic E-state index is -4.36. The quantitative estimate of drug-likeness (QED) is 0.102. The van der Waals surface area contributed by atoms with Crippen molar-refractivity contribution >= 4 is 38.5 Å². The monoisotopic (exact) mass is 754 g/mol. The number of benzene rings is 4. The van der Waals surface area contributed by atoms with Gasteiger partial charge in [-0.3, -0.25) is 14.5 Å². The predicted octanol–water partition coefficient (Wildman–Crippen LogP) is 7.57. The molecule has 0 saturated carbocycles. The van der Waals surface area contributed by atoms with Gasteiger partial charge in [0, 0.05) is 41.4 Å². The molecule has 2 heterocycles. The van der Waals surface area contributed by atoms with Gasteiger partial charge in [0.15, 0.2) is 0 Å². The van der Waals surface area contributed by atoms with Crippen molar-refractivity contribution in [2.75, 3.05) is 11.3 Å². The minimum Gasteiger partial charge on any atom is -0.493 e. The maximum Gasteiger partial charge on any atom is 0.326 e. The topological polar surface area (TPSA) is 148 Å². The Balaban J connectivity index is 1.22. The Labute approximate surface area is 308 Å². The average Bonchev–Trinajstić information content (AvgIpc) is 3.14. The van der Waals surface area contributed by atoms with Crippen molar-refractivity contribution in [3.05, 3.63) is 138 Å². The summed E-state index contributed by atoms with van der Waals surface area (Å²) in [6, 6.07) is 20.4. The molecule has 6 aromatic rings. The summed E-state index contributed by atoms with van der Waals surface area (Å²) in [6.07, 6.45) is 3.33. The molecule has 3 N–H and O–H groups in total. The highest BCUT2D eigenvalue weighted by atomic mass is 32.2. The third kappa shape index (κ3) is 7.88. The number of hydrogen-bond donors (Lipinski definition) is 3. The van der Waals surface area contributed by atoms with Crippen LogP contribution in [0.2, 0.25) is 0 Å². The number of halogens is 3. The molecule has 1 atom stereocenters. The van der Waals surface area contributed by atoms with Gasteiger partial charge >= 0.3 is 5.97 Å². The number of aryl methyl sites for hydroxylation is 1. The Morgan fingerprint density at radius 2 is 1.57 bits per heavy atom. The highest BCUT2D eigenvalue weighted by Gasteiger charge is 2.28. The van der Waals surface area contributed by atoms with Gasteiger partial charge in [0.2, 0.25) is 5.95 Å². The fourth-order valence-corrected chi connectivity index (χ4v) is 7.23. The van der Waals surface area contributed by atoms with E-state index in [0.29, 0.717) is 58.5 Å². The number of hydrogen-bond acceptors (Lipinski definition) is 7. The Hall–Kier alpha value is -6.28. The van der Waals surface area contributed by atoms with E-state index in [1.807, 2.05) is 32.0 Å². The molecule has 0 bridgehead atoms. The SMILES string of the molecule is CCOc1cccc(CC)c1-c1ccc(C[C@H](NC(=O)c2c(F)cc(NS(=O)(=O)c3ccc(-c4ccnc(F)c4)cc3)cc2F)C(=O)O)c2cccnc12. The van der Waals surface area contributed by atoms with E-state index in [9.17, 15) is 27.5 Å². The fourth-order valence-electron chi connectivity index (χ4n) is 6.19. The summed E-state index contributed by atoms with van der Waals surface area (Å²) in [5.41, 5.74) is 3.06. The second-order valence-electron chi connectivity index (χ2n) is 12.1. The lowest BCUT2D eigenvalue weighted by atomic mass is 9.91. The number of aromatic nitrogens is 2. The number of anilines is 1. The summed E-state index contributed by atoms with van der Waals surface area (Å²) in [5.74, 6) is -5.71. The van der Waals surface area contributed by atoms with Crippen molar-refractivity contribution < 1.29 is 41.0 Å². The number of nitrogens with zero attached hydrogens (tertiary/aromatic N) is 2. The molecule has 276 valence electrons. The number of rotatable bonds is 13. The molecule has 10 nitrogen and oxygen atoms in total. The zero-order valence-electron chi connectivity index (χ0n) is 28.9. The second-order valence-corrected chi connectivity index (χ2v) is 13.8. The largest absolute Gasteiger partial charge is 0.493 e. The van der Waals surface area contributed by atoms with Gasteiger partial charge in [0.1, 0.15) is 29.0 Å². The number of amides is 1. The maximum absolute atomic E-state index is 15.3. The molecule has 1 amide bonds. The van der Waals surface area contributed by atoms with Crippen LogP contribution in [0.15, 0.2) is 108 Å². The van der Waals surface area contributed by atoms with Gasteiger partial charge in [0.25, 0.3) is 15.9 Å². The van der Waals surface area contributed by atoms with Crippen molar-refractivity contribution in [2.24, 2.45) is 0 Å². The van der Waals surface area contributed by atoms with Crippen LogP contribution >= 0.6 is 0 Å². The van der Waals surface area contributed by atoms with E-state index in [2.05, 4.69) is 20.0 Å². The number of nitrogens with one attached hydrogen (secondary N) is 2. The summed E-state index contributed by atoms with van der Waals surface area (Å²) >= 11 is 0. The predicted molar refractivity (Wildman–Crippen MR) is 197 cm³/mol. The van der Waals surface area contributed by atoms with Crippen molar-refractivity contribution in [2.45, 2.75) is 37.6 Å². The molecule has 0 aliphatic rings. The number of carboxylic acids is 1. The van der Waals surface area contributed by atoms with Crippen molar-refractivity contribution in [1.29, 1.82) is 0 Å². The molecule has 0 unspecified atom stereocenters. The van der Waals surface area contributed by atoms with Gasteiger partial charge in [0.05, 0.1) is 22.7 Å². The van der Waals surface area contributed by atoms with Gasteiger partial charge in [-0.15, -0.1) is 0 Å². The standard InChI is InChI=1S/C40H33F3N4O6S/c1-3-23-7-5-9-34(53-4-2)36(23)30-15-12-26(29-8-6-17-45-38(29)30)19-33(40(49)50)46-39(48)37-31(41)21-27(22-32(37)42)47-54(51,52)28-13-10-24(11-14-28)25-16-18-44-35(43)20-25/h5-18,20-22,33,47H,3-4,19H2,1-2H3,(H,46,48)(H,49,50)/t33-/m0/s1. The van der Waals surface area contributed by atoms with Crippen LogP contribution in [0.25, 0.3) is 33.2 Å². The molecule has 0 aliphatic heterocycles. The molecule has 6 rings (SSSR count). The first-order chi connectivity index (χ1) is 25.9. The van der Waals surface area contributed by atoms with Gasteiger partial charge in [-0.1, -0.05) is 49.4 Å². The number of pyridine rings is 2. The van der Waals surface area contributed by atoms with Gasteiger partial charge in [-0.25, -0.2) is 27.0 Å². The first-order valence-corrected chi connectivity index (χ1v) is 18.3. The van der Waals surface area contributed by atoms with E-state index in [4.69, 9.17) is 4.74 Å². The number of carboxylic acid groups (broad SMARTS) is 1. The van der Waals surface area contributed by atoms with Crippen LogP contribution in [0.3, 0.4) is 0 Å². The summed E-state index contributed by atoms with van der Waals surface area (Å²) in [6.45, 7) is 4.34. The minimum absolute atomic E-state index is 0.257. The number of aliphatic carboxylic acids is 1. The number of carbonyl (C=O) groups excluding carboxylic acids is 1. The normalized spacial score (nSPS) is 11.9. The first-order valence-electron chi connectivity index (χ1n) is 16.8. The molecule has 54 heavy (non-hydrogen) atoms. The van der Waals surface area contributed by atoms with Crippen LogP contribution in [-0.4, -0.2) is 48.0 Å². The van der Waals surface area contributed by atoms with Crippen LogP contribution in [0.5, 0.6) is 5.75 Å². The molecule has 0 radical (unpaired) electrons. The summed E-state index contributed by atoms with van der Waals surface area (Å²) in [5, 5.41) is 12.9. The van der Waals surface area contributed by atoms with Crippen molar-refractivity contribution in [3.63, 3.8) is 0 Å². The lowest BCUT2D eigenvalue weighted by Crippen LogP contribution is -2.43. The molecule has 0 saturated heterocycles. The number of fused-ring (bicyclic) bond motifs is 1. The molecule has 4 aromatic carbocycles. The highest BCUT2D eigenvalue weighted by molar-refractivity contribution is 7.92. The zero-order chi connectivity index (χ0) is 38.6. The average molecular weight is 755 g/mol. The van der Waals surface area contributed by atoms with Gasteiger partial charge < -0.3 is 15.2 Å². The molecule has 0 aliphatic carbocycles. The Morgan fingerprint density at radius 1 is 0.833 bits per heavy atom. The highest BCUT2D eigenvalue weighted by Crippen LogP contribution is 2.38. The Morgan fingerprint density at radius 3 is 2.24 bits per heavy atom. The van der Waals surface area contributed by atoms with Crippen LogP contribution in [0, 0.1) is 17.6 Å². The summed E-state index contributed by atoms with van der Waals surface area (Å²) in [7, 11) is -4.36. The van der Waals surface area contributed by atoms with E-state index < -0.39 is 56.8 Å². The van der Waals surface area contributed by atoms with Crippen molar-refractivity contribution in [1.82, 2.24) is 15.3 Å².